The van der Waals surface area contributed by atoms with E-state index in [1.807, 2.05) is 12.1 Å². The van der Waals surface area contributed by atoms with Gasteiger partial charge in [-0.05, 0) is 55.3 Å². The first kappa shape index (κ1) is 22.8. The first-order valence-electron chi connectivity index (χ1n) is 9.64. The monoisotopic (exact) mass is 452 g/mol. The molecule has 0 saturated carbocycles. The highest BCUT2D eigenvalue weighted by Crippen LogP contribution is 2.29. The van der Waals surface area contributed by atoms with E-state index in [4.69, 9.17) is 21.1 Å². The first-order chi connectivity index (χ1) is 15.4. The van der Waals surface area contributed by atoms with Gasteiger partial charge in [-0.25, -0.2) is 0 Å². The van der Waals surface area contributed by atoms with Crippen LogP contribution in [-0.4, -0.2) is 23.9 Å². The number of aromatic nitrogens is 1. The van der Waals surface area contributed by atoms with E-state index < -0.39 is 11.4 Å². The summed E-state index contributed by atoms with van der Waals surface area (Å²) in [5.74, 6) is 0.741. The maximum atomic E-state index is 13.1. The number of nitriles is 1. The third-order valence-electron chi connectivity index (χ3n) is 4.93. The van der Waals surface area contributed by atoms with E-state index >= 15 is 0 Å². The molecule has 9 heteroatoms. The van der Waals surface area contributed by atoms with Crippen LogP contribution in [0.5, 0.6) is 17.4 Å². The zero-order valence-electron chi connectivity index (χ0n) is 17.8. The van der Waals surface area contributed by atoms with E-state index in [1.54, 1.807) is 50.4 Å². The molecule has 3 aromatic rings. The van der Waals surface area contributed by atoms with Crippen molar-refractivity contribution >= 4 is 23.0 Å². The van der Waals surface area contributed by atoms with Gasteiger partial charge >= 0.3 is 0 Å². The van der Waals surface area contributed by atoms with Crippen molar-refractivity contribution in [2.75, 3.05) is 14.2 Å². The van der Waals surface area contributed by atoms with Crippen molar-refractivity contribution in [1.29, 1.82) is 5.26 Å². The van der Waals surface area contributed by atoms with E-state index in [0.29, 0.717) is 28.6 Å². The second-order valence-electron chi connectivity index (χ2n) is 6.86. The van der Waals surface area contributed by atoms with Crippen molar-refractivity contribution in [2.24, 2.45) is 10.2 Å². The van der Waals surface area contributed by atoms with Gasteiger partial charge in [-0.1, -0.05) is 17.7 Å². The maximum Gasteiger partial charge on any atom is 0.281 e. The van der Waals surface area contributed by atoms with Crippen LogP contribution in [-0.2, 0) is 13.0 Å². The number of azo groups is 1. The van der Waals surface area contributed by atoms with Crippen LogP contribution in [0.25, 0.3) is 0 Å². The van der Waals surface area contributed by atoms with E-state index in [-0.39, 0.29) is 23.4 Å². The number of ether oxygens (including phenoxy) is 2. The Morgan fingerprint density at radius 2 is 1.78 bits per heavy atom. The van der Waals surface area contributed by atoms with Gasteiger partial charge in [-0.2, -0.15) is 10.4 Å². The second-order valence-corrected chi connectivity index (χ2v) is 7.29. The molecule has 0 spiro atoms. The normalized spacial score (nSPS) is 10.8. The van der Waals surface area contributed by atoms with Gasteiger partial charge in [0.2, 0.25) is 5.88 Å². The van der Waals surface area contributed by atoms with E-state index in [1.165, 1.54) is 7.11 Å². The molecule has 2 aromatic carbocycles. The maximum absolute atomic E-state index is 13.1. The summed E-state index contributed by atoms with van der Waals surface area (Å²) in [6.07, 6.45) is 0.398. The number of halogens is 1. The Morgan fingerprint density at radius 1 is 1.09 bits per heavy atom. The van der Waals surface area contributed by atoms with Crippen molar-refractivity contribution in [3.05, 3.63) is 74.5 Å². The number of rotatable bonds is 7. The minimum atomic E-state index is -0.544. The number of benzene rings is 2. The van der Waals surface area contributed by atoms with Crippen molar-refractivity contribution in [3.8, 4) is 23.4 Å². The van der Waals surface area contributed by atoms with Gasteiger partial charge < -0.3 is 14.6 Å². The fourth-order valence-corrected chi connectivity index (χ4v) is 3.28. The Morgan fingerprint density at radius 3 is 2.41 bits per heavy atom. The van der Waals surface area contributed by atoms with E-state index in [9.17, 15) is 15.2 Å². The summed E-state index contributed by atoms with van der Waals surface area (Å²) in [4.78, 5) is 13.1. The minimum Gasteiger partial charge on any atom is -0.493 e. The topological polar surface area (TPSA) is 109 Å². The molecule has 164 valence electrons. The van der Waals surface area contributed by atoms with Crippen molar-refractivity contribution in [1.82, 2.24) is 4.57 Å². The van der Waals surface area contributed by atoms with E-state index in [2.05, 4.69) is 10.2 Å². The smallest absolute Gasteiger partial charge is 0.281 e. The standard InChI is InChI=1S/C23H21ClN4O4/c1-14-18(13-25)22(29)28(11-10-15-4-9-19(31-2)20(12-15)32-3)23(30)21(14)27-26-17-7-5-16(24)6-8-17/h4-9,12,29H,10-11H2,1-3H3. The van der Waals surface area contributed by atoms with Crippen molar-refractivity contribution < 1.29 is 14.6 Å². The molecule has 3 rings (SSSR count). The largest absolute Gasteiger partial charge is 0.493 e. The highest BCUT2D eigenvalue weighted by atomic mass is 35.5. The summed E-state index contributed by atoms with van der Waals surface area (Å²) >= 11 is 5.87. The summed E-state index contributed by atoms with van der Waals surface area (Å²) in [7, 11) is 3.08. The number of methoxy groups -OCH3 is 2. The predicted octanol–water partition coefficient (Wildman–Crippen LogP) is 5.06. The van der Waals surface area contributed by atoms with Gasteiger partial charge in [0.15, 0.2) is 17.2 Å². The lowest BCUT2D eigenvalue weighted by Crippen LogP contribution is -2.23. The zero-order chi connectivity index (χ0) is 23.3. The first-order valence-corrected chi connectivity index (χ1v) is 10.0. The molecule has 1 heterocycles. The number of pyridine rings is 1. The Bertz CT molecular complexity index is 1260. The Kier molecular flexibility index (Phi) is 7.13. The molecule has 0 aliphatic heterocycles. The average molecular weight is 453 g/mol. The number of hydrogen-bond acceptors (Lipinski definition) is 7. The summed E-state index contributed by atoms with van der Waals surface area (Å²) < 4.78 is 11.7. The van der Waals surface area contributed by atoms with Crippen LogP contribution in [0.15, 0.2) is 57.5 Å². The van der Waals surface area contributed by atoms with Crippen LogP contribution < -0.4 is 15.0 Å². The van der Waals surface area contributed by atoms with Crippen LogP contribution in [0.2, 0.25) is 5.02 Å². The van der Waals surface area contributed by atoms with Gasteiger partial charge in [-0.3, -0.25) is 9.36 Å². The summed E-state index contributed by atoms with van der Waals surface area (Å²) in [6, 6.07) is 14.0. The summed E-state index contributed by atoms with van der Waals surface area (Å²) in [5, 5.41) is 28.8. The number of aromatic hydroxyl groups is 1. The predicted molar refractivity (Wildman–Crippen MR) is 121 cm³/mol. The molecule has 0 aliphatic carbocycles. The SMILES string of the molecule is COc1ccc(CCn2c(O)c(C#N)c(C)c(N=Nc3ccc(Cl)cc3)c2=O)cc1OC. The van der Waals surface area contributed by atoms with Gasteiger partial charge in [0, 0.05) is 17.1 Å². The van der Waals surface area contributed by atoms with Crippen LogP contribution >= 0.6 is 11.6 Å². The van der Waals surface area contributed by atoms with Crippen molar-refractivity contribution in [3.63, 3.8) is 0 Å². The quantitative estimate of drug-likeness (QED) is 0.503. The lowest BCUT2D eigenvalue weighted by molar-refractivity contribution is 0.354. The fraction of sp³-hybridized carbons (Fsp3) is 0.217. The minimum absolute atomic E-state index is 0.0124. The van der Waals surface area contributed by atoms with Crippen LogP contribution in [0.3, 0.4) is 0 Å². The molecule has 0 unspecified atom stereocenters. The average Bonchev–Trinajstić information content (AvgIpc) is 2.80. The molecule has 1 aromatic heterocycles. The van der Waals surface area contributed by atoms with Crippen LogP contribution in [0.1, 0.15) is 16.7 Å². The lowest BCUT2D eigenvalue weighted by Gasteiger charge is -2.14. The van der Waals surface area contributed by atoms with E-state index in [0.717, 1.165) is 10.1 Å². The molecule has 0 aliphatic rings. The molecule has 32 heavy (non-hydrogen) atoms. The number of hydrogen-bond donors (Lipinski definition) is 1. The molecule has 1 N–H and O–H groups in total. The molecular weight excluding hydrogens is 432 g/mol. The molecular formula is C23H21ClN4O4. The lowest BCUT2D eigenvalue weighted by atomic mass is 10.1. The Hall–Kier alpha value is -3.83. The summed E-state index contributed by atoms with van der Waals surface area (Å²) in [6.45, 7) is 1.67. The van der Waals surface area contributed by atoms with Gasteiger partial charge in [-0.15, -0.1) is 5.11 Å². The second kappa shape index (κ2) is 9.98. The number of aryl methyl sites for hydroxylation is 1. The van der Waals surface area contributed by atoms with Crippen LogP contribution in [0.4, 0.5) is 11.4 Å². The molecule has 8 nitrogen and oxygen atoms in total. The molecule has 0 saturated heterocycles. The third kappa shape index (κ3) is 4.74. The Labute approximate surface area is 189 Å². The van der Waals surface area contributed by atoms with Crippen molar-refractivity contribution in [2.45, 2.75) is 19.9 Å². The molecule has 0 bridgehead atoms. The van der Waals surface area contributed by atoms with Crippen LogP contribution in [0, 0.1) is 18.3 Å². The highest BCUT2D eigenvalue weighted by Gasteiger charge is 2.19. The fourth-order valence-electron chi connectivity index (χ4n) is 3.16. The molecule has 0 radical (unpaired) electrons. The number of nitrogens with zero attached hydrogens (tertiary/aromatic N) is 4. The third-order valence-corrected chi connectivity index (χ3v) is 5.19. The molecule has 0 fully saturated rings. The molecule has 0 amide bonds. The zero-order valence-corrected chi connectivity index (χ0v) is 18.6. The highest BCUT2D eigenvalue weighted by molar-refractivity contribution is 6.30. The van der Waals surface area contributed by atoms with Gasteiger partial charge in [0.05, 0.1) is 19.9 Å². The van der Waals surface area contributed by atoms with Gasteiger partial charge in [0.25, 0.3) is 5.56 Å². The Balaban J connectivity index is 1.97. The molecule has 0 atom stereocenters. The van der Waals surface area contributed by atoms with Gasteiger partial charge in [0.1, 0.15) is 11.6 Å². The summed E-state index contributed by atoms with van der Waals surface area (Å²) in [5.41, 5.74) is 1.03.